The van der Waals surface area contributed by atoms with Crippen LogP contribution in [0.3, 0.4) is 0 Å². The van der Waals surface area contributed by atoms with Crippen LogP contribution in [0.4, 0.5) is 5.69 Å². The fraction of sp³-hybridized carbons (Fsp3) is 0.238. The van der Waals surface area contributed by atoms with Gasteiger partial charge in [0.1, 0.15) is 9.88 Å². The number of nitrogens with one attached hydrogen (secondary N) is 1. The van der Waals surface area contributed by atoms with Crippen LogP contribution in [-0.4, -0.2) is 40.4 Å². The maximum Gasteiger partial charge on any atom is 0.267 e. The molecule has 27 heavy (non-hydrogen) atoms. The molecule has 1 aliphatic rings. The van der Waals surface area contributed by atoms with Crippen LogP contribution >= 0.6 is 23.1 Å². The number of carbonyl (C=O) groups excluding carboxylic acids is 1. The highest BCUT2D eigenvalue weighted by atomic mass is 32.2. The molecule has 1 aliphatic heterocycles. The van der Waals surface area contributed by atoms with Gasteiger partial charge >= 0.3 is 0 Å². The van der Waals surface area contributed by atoms with Crippen molar-refractivity contribution in [2.45, 2.75) is 6.54 Å². The molecule has 4 rings (SSSR count). The molecule has 0 bridgehead atoms. The molecule has 4 nitrogen and oxygen atoms in total. The SMILES string of the molecule is O=C(Nc1cccc(CN2CCSCC2)c1)c1cnc(-c2ccccc2)s1. The molecule has 6 heteroatoms. The first kappa shape index (κ1) is 18.2. The van der Waals surface area contributed by atoms with Crippen molar-refractivity contribution in [3.8, 4) is 10.6 Å². The number of nitrogens with zero attached hydrogens (tertiary/aromatic N) is 2. The molecule has 1 saturated heterocycles. The van der Waals surface area contributed by atoms with Gasteiger partial charge in [0.25, 0.3) is 5.91 Å². The highest BCUT2D eigenvalue weighted by Gasteiger charge is 2.13. The standard InChI is InChI=1S/C21H21N3OS2/c25-20(19-14-22-21(27-19)17-6-2-1-3-7-17)23-18-8-4-5-16(13-18)15-24-9-11-26-12-10-24/h1-8,13-14H,9-12,15H2,(H,23,25). The van der Waals surface area contributed by atoms with E-state index in [4.69, 9.17) is 0 Å². The summed E-state index contributed by atoms with van der Waals surface area (Å²) in [6, 6.07) is 18.1. The number of hydrogen-bond donors (Lipinski definition) is 1. The van der Waals surface area contributed by atoms with Crippen molar-refractivity contribution in [3.05, 3.63) is 71.2 Å². The Kier molecular flexibility index (Phi) is 5.87. The minimum absolute atomic E-state index is 0.110. The lowest BCUT2D eigenvalue weighted by atomic mass is 10.2. The largest absolute Gasteiger partial charge is 0.321 e. The van der Waals surface area contributed by atoms with Crippen LogP contribution in [0, 0.1) is 0 Å². The summed E-state index contributed by atoms with van der Waals surface area (Å²) in [6.07, 6.45) is 1.65. The number of thioether (sulfide) groups is 1. The van der Waals surface area contributed by atoms with Gasteiger partial charge in [-0.2, -0.15) is 11.8 Å². The topological polar surface area (TPSA) is 45.2 Å². The van der Waals surface area contributed by atoms with E-state index in [1.165, 1.54) is 28.4 Å². The zero-order valence-electron chi connectivity index (χ0n) is 14.9. The van der Waals surface area contributed by atoms with E-state index in [9.17, 15) is 4.79 Å². The third-order valence-electron chi connectivity index (χ3n) is 4.44. The summed E-state index contributed by atoms with van der Waals surface area (Å²) < 4.78 is 0. The van der Waals surface area contributed by atoms with E-state index in [2.05, 4.69) is 27.3 Å². The van der Waals surface area contributed by atoms with Crippen molar-refractivity contribution in [2.24, 2.45) is 0 Å². The highest BCUT2D eigenvalue weighted by Crippen LogP contribution is 2.25. The predicted molar refractivity (Wildman–Crippen MR) is 115 cm³/mol. The van der Waals surface area contributed by atoms with Crippen molar-refractivity contribution in [3.63, 3.8) is 0 Å². The first-order valence-electron chi connectivity index (χ1n) is 8.99. The van der Waals surface area contributed by atoms with E-state index in [0.717, 1.165) is 35.9 Å². The Morgan fingerprint density at radius 1 is 1.07 bits per heavy atom. The lowest BCUT2D eigenvalue weighted by Crippen LogP contribution is -2.31. The van der Waals surface area contributed by atoms with Gasteiger partial charge in [-0.3, -0.25) is 9.69 Å². The molecule has 3 aromatic rings. The molecule has 0 atom stereocenters. The molecule has 0 radical (unpaired) electrons. The van der Waals surface area contributed by atoms with Gasteiger partial charge in [0.05, 0.1) is 6.20 Å². The molecular weight excluding hydrogens is 374 g/mol. The quantitative estimate of drug-likeness (QED) is 0.685. The van der Waals surface area contributed by atoms with E-state index >= 15 is 0 Å². The van der Waals surface area contributed by atoms with Crippen molar-refractivity contribution >= 4 is 34.7 Å². The molecule has 0 unspecified atom stereocenters. The second-order valence-electron chi connectivity index (χ2n) is 6.44. The minimum atomic E-state index is -0.110. The maximum absolute atomic E-state index is 12.6. The van der Waals surface area contributed by atoms with Gasteiger partial charge in [-0.15, -0.1) is 11.3 Å². The monoisotopic (exact) mass is 395 g/mol. The zero-order chi connectivity index (χ0) is 18.5. The van der Waals surface area contributed by atoms with Crippen LogP contribution in [-0.2, 0) is 6.54 Å². The number of thiazole rings is 1. The van der Waals surface area contributed by atoms with E-state index in [-0.39, 0.29) is 5.91 Å². The number of benzene rings is 2. The van der Waals surface area contributed by atoms with Gasteiger partial charge in [0.15, 0.2) is 0 Å². The second kappa shape index (κ2) is 8.69. The summed E-state index contributed by atoms with van der Waals surface area (Å²) >= 11 is 3.43. The van der Waals surface area contributed by atoms with Crippen LogP contribution in [0.2, 0.25) is 0 Å². The van der Waals surface area contributed by atoms with E-state index < -0.39 is 0 Å². The van der Waals surface area contributed by atoms with Gasteiger partial charge in [-0.05, 0) is 17.7 Å². The summed E-state index contributed by atoms with van der Waals surface area (Å²) in [5.41, 5.74) is 3.09. The average molecular weight is 396 g/mol. The molecule has 0 spiro atoms. The molecule has 1 N–H and O–H groups in total. The fourth-order valence-corrected chi connectivity index (χ4v) is 4.85. The molecule has 0 aliphatic carbocycles. The van der Waals surface area contributed by atoms with Gasteiger partial charge in [-0.1, -0.05) is 42.5 Å². The summed E-state index contributed by atoms with van der Waals surface area (Å²) in [4.78, 5) is 20.1. The Balaban J connectivity index is 1.42. The molecule has 1 aromatic heterocycles. The summed E-state index contributed by atoms with van der Waals surface area (Å²) in [6.45, 7) is 3.19. The van der Waals surface area contributed by atoms with Gasteiger partial charge in [-0.25, -0.2) is 4.98 Å². The number of hydrogen-bond acceptors (Lipinski definition) is 5. The normalized spacial score (nSPS) is 14.8. The number of aromatic nitrogens is 1. The fourth-order valence-electron chi connectivity index (χ4n) is 3.05. The third-order valence-corrected chi connectivity index (χ3v) is 6.43. The van der Waals surface area contributed by atoms with E-state index in [1.807, 2.05) is 54.2 Å². The van der Waals surface area contributed by atoms with Crippen LogP contribution in [0.1, 0.15) is 15.2 Å². The van der Waals surface area contributed by atoms with Gasteiger partial charge < -0.3 is 5.32 Å². The summed E-state index contributed by atoms with van der Waals surface area (Å²) in [7, 11) is 0. The Morgan fingerprint density at radius 3 is 2.70 bits per heavy atom. The van der Waals surface area contributed by atoms with Crippen LogP contribution in [0.25, 0.3) is 10.6 Å². The molecule has 138 valence electrons. The molecule has 1 fully saturated rings. The summed E-state index contributed by atoms with van der Waals surface area (Å²) in [5, 5.41) is 3.87. The number of carbonyl (C=O) groups is 1. The second-order valence-corrected chi connectivity index (χ2v) is 8.69. The van der Waals surface area contributed by atoms with Gasteiger partial charge in [0, 0.05) is 42.4 Å². The first-order valence-corrected chi connectivity index (χ1v) is 11.0. The summed E-state index contributed by atoms with van der Waals surface area (Å²) in [5.74, 6) is 2.29. The molecular formula is C21H21N3OS2. The number of amides is 1. The van der Waals surface area contributed by atoms with Crippen LogP contribution in [0.5, 0.6) is 0 Å². The average Bonchev–Trinajstić information content (AvgIpc) is 3.20. The lowest BCUT2D eigenvalue weighted by Gasteiger charge is -2.26. The van der Waals surface area contributed by atoms with Crippen LogP contribution < -0.4 is 5.32 Å². The number of anilines is 1. The third kappa shape index (κ3) is 4.77. The molecule has 0 saturated carbocycles. The Bertz CT molecular complexity index is 905. The Morgan fingerprint density at radius 2 is 1.89 bits per heavy atom. The van der Waals surface area contributed by atoms with E-state index in [1.54, 1.807) is 6.20 Å². The number of rotatable bonds is 5. The van der Waals surface area contributed by atoms with Crippen molar-refractivity contribution < 1.29 is 4.79 Å². The first-order chi connectivity index (χ1) is 13.3. The Labute approximate surface area is 167 Å². The molecule has 2 aromatic carbocycles. The maximum atomic E-state index is 12.6. The van der Waals surface area contributed by atoms with Crippen molar-refractivity contribution in [2.75, 3.05) is 29.9 Å². The van der Waals surface area contributed by atoms with Crippen molar-refractivity contribution in [1.82, 2.24) is 9.88 Å². The Hall–Kier alpha value is -2.15. The van der Waals surface area contributed by atoms with E-state index in [0.29, 0.717) is 4.88 Å². The van der Waals surface area contributed by atoms with Gasteiger partial charge in [0.2, 0.25) is 0 Å². The minimum Gasteiger partial charge on any atom is -0.321 e. The zero-order valence-corrected chi connectivity index (χ0v) is 16.6. The van der Waals surface area contributed by atoms with Crippen LogP contribution in [0.15, 0.2) is 60.8 Å². The van der Waals surface area contributed by atoms with Crippen molar-refractivity contribution in [1.29, 1.82) is 0 Å². The smallest absolute Gasteiger partial charge is 0.267 e. The lowest BCUT2D eigenvalue weighted by molar-refractivity contribution is 0.103. The highest BCUT2D eigenvalue weighted by molar-refractivity contribution is 7.99. The predicted octanol–water partition coefficient (Wildman–Crippen LogP) is 4.61. The molecule has 1 amide bonds. The molecule has 2 heterocycles.